The van der Waals surface area contributed by atoms with Gasteiger partial charge in [0.2, 0.25) is 0 Å². The Morgan fingerprint density at radius 2 is 2.00 bits per heavy atom. The molecule has 1 fully saturated rings. The molecule has 0 saturated heterocycles. The highest BCUT2D eigenvalue weighted by Crippen LogP contribution is 2.35. The van der Waals surface area contributed by atoms with Crippen molar-refractivity contribution in [3.8, 4) is 5.75 Å². The molecule has 3 nitrogen and oxygen atoms in total. The molecule has 0 N–H and O–H groups in total. The number of rotatable bonds is 4. The second-order valence-electron chi connectivity index (χ2n) is 5.17. The summed E-state index contributed by atoms with van der Waals surface area (Å²) >= 11 is 2.10. The highest BCUT2D eigenvalue weighted by Gasteiger charge is 2.26. The fraction of sp³-hybridized carbons (Fsp3) is 0.312. The van der Waals surface area contributed by atoms with E-state index in [-0.39, 0.29) is 5.56 Å². The number of nitrogens with zero attached hydrogens (tertiary/aromatic N) is 1. The highest BCUT2D eigenvalue weighted by molar-refractivity contribution is 14.1. The van der Waals surface area contributed by atoms with Crippen LogP contribution in [0.5, 0.6) is 5.75 Å². The van der Waals surface area contributed by atoms with E-state index >= 15 is 0 Å². The maximum absolute atomic E-state index is 12.3. The van der Waals surface area contributed by atoms with E-state index in [2.05, 4.69) is 22.6 Å². The van der Waals surface area contributed by atoms with Gasteiger partial charge in [-0.2, -0.15) is 0 Å². The molecule has 1 aliphatic rings. The van der Waals surface area contributed by atoms with Crippen molar-refractivity contribution >= 4 is 22.6 Å². The maximum atomic E-state index is 12.3. The van der Waals surface area contributed by atoms with E-state index in [1.165, 1.54) is 0 Å². The van der Waals surface area contributed by atoms with Gasteiger partial charge in [0.05, 0.1) is 0 Å². The predicted molar refractivity (Wildman–Crippen MR) is 87.2 cm³/mol. The van der Waals surface area contributed by atoms with Gasteiger partial charge in [0, 0.05) is 17.8 Å². The SMILES string of the molecule is Cc1cn(C2CC2)c(=O)c(I)c1OCc1ccccc1. The molecule has 0 bridgehead atoms. The lowest BCUT2D eigenvalue weighted by molar-refractivity contribution is 0.300. The van der Waals surface area contributed by atoms with Gasteiger partial charge in [0.25, 0.3) is 5.56 Å². The Morgan fingerprint density at radius 3 is 2.65 bits per heavy atom. The Hall–Kier alpha value is -1.30. The van der Waals surface area contributed by atoms with Crippen LogP contribution in [0.4, 0.5) is 0 Å². The summed E-state index contributed by atoms with van der Waals surface area (Å²) < 4.78 is 8.41. The number of aromatic nitrogens is 1. The Kier molecular flexibility index (Phi) is 3.83. The third kappa shape index (κ3) is 2.75. The number of benzene rings is 1. The van der Waals surface area contributed by atoms with Crippen molar-refractivity contribution in [1.29, 1.82) is 0 Å². The Labute approximate surface area is 131 Å². The molecule has 0 aliphatic heterocycles. The van der Waals surface area contributed by atoms with Gasteiger partial charge < -0.3 is 9.30 Å². The molecular weight excluding hydrogens is 365 g/mol. The van der Waals surface area contributed by atoms with Crippen molar-refractivity contribution in [3.05, 3.63) is 61.6 Å². The minimum absolute atomic E-state index is 0.0711. The molecule has 20 heavy (non-hydrogen) atoms. The van der Waals surface area contributed by atoms with Crippen LogP contribution in [-0.2, 0) is 6.61 Å². The van der Waals surface area contributed by atoms with Crippen molar-refractivity contribution in [3.63, 3.8) is 0 Å². The lowest BCUT2D eigenvalue weighted by Crippen LogP contribution is -2.23. The van der Waals surface area contributed by atoms with Gasteiger partial charge in [-0.15, -0.1) is 0 Å². The first-order valence-electron chi connectivity index (χ1n) is 6.75. The maximum Gasteiger partial charge on any atom is 0.268 e. The van der Waals surface area contributed by atoms with Crippen molar-refractivity contribution in [2.24, 2.45) is 0 Å². The van der Waals surface area contributed by atoms with Crippen molar-refractivity contribution in [1.82, 2.24) is 4.57 Å². The molecule has 0 amide bonds. The zero-order valence-corrected chi connectivity index (χ0v) is 13.5. The first-order chi connectivity index (χ1) is 9.66. The molecule has 0 radical (unpaired) electrons. The van der Waals surface area contributed by atoms with E-state index < -0.39 is 0 Å². The van der Waals surface area contributed by atoms with Gasteiger partial charge in [-0.3, -0.25) is 4.79 Å². The summed E-state index contributed by atoms with van der Waals surface area (Å²) in [6.45, 7) is 2.49. The van der Waals surface area contributed by atoms with Crippen molar-refractivity contribution in [2.45, 2.75) is 32.4 Å². The molecule has 104 valence electrons. The van der Waals surface area contributed by atoms with E-state index in [0.29, 0.717) is 16.2 Å². The Balaban J connectivity index is 1.86. The average molecular weight is 381 g/mol. The number of hydrogen-bond donors (Lipinski definition) is 0. The molecule has 4 heteroatoms. The zero-order chi connectivity index (χ0) is 14.1. The third-order valence-corrected chi connectivity index (χ3v) is 4.43. The summed E-state index contributed by atoms with van der Waals surface area (Å²) in [5.74, 6) is 0.719. The second kappa shape index (κ2) is 5.60. The van der Waals surface area contributed by atoms with Gasteiger partial charge in [-0.05, 0) is 47.9 Å². The molecule has 0 unspecified atom stereocenters. The Bertz CT molecular complexity index is 675. The molecule has 1 aromatic carbocycles. The smallest absolute Gasteiger partial charge is 0.268 e. The summed E-state index contributed by atoms with van der Waals surface area (Å²) in [4.78, 5) is 12.3. The van der Waals surface area contributed by atoms with Crippen molar-refractivity contribution < 1.29 is 4.74 Å². The van der Waals surface area contributed by atoms with Crippen LogP contribution in [0.15, 0.2) is 41.3 Å². The van der Waals surface area contributed by atoms with Gasteiger partial charge in [0.15, 0.2) is 0 Å². The number of pyridine rings is 1. The van der Waals surface area contributed by atoms with E-state index in [1.807, 2.05) is 48.0 Å². The molecule has 1 heterocycles. The molecule has 1 aliphatic carbocycles. The quantitative estimate of drug-likeness (QED) is 0.757. The van der Waals surface area contributed by atoms with Crippen LogP contribution < -0.4 is 10.3 Å². The minimum Gasteiger partial charge on any atom is -0.487 e. The average Bonchev–Trinajstić information content (AvgIpc) is 3.28. The van der Waals surface area contributed by atoms with Crippen LogP contribution >= 0.6 is 22.6 Å². The standard InChI is InChI=1S/C16H16INO2/c1-11-9-18(13-7-8-13)16(19)14(17)15(11)20-10-12-5-3-2-4-6-12/h2-6,9,13H,7-8,10H2,1H3. The lowest BCUT2D eigenvalue weighted by atomic mass is 10.2. The molecule has 0 atom stereocenters. The topological polar surface area (TPSA) is 31.2 Å². The van der Waals surface area contributed by atoms with Crippen LogP contribution in [0.2, 0.25) is 0 Å². The molecule has 1 aromatic heterocycles. The zero-order valence-electron chi connectivity index (χ0n) is 11.3. The van der Waals surface area contributed by atoms with Crippen LogP contribution in [0.3, 0.4) is 0 Å². The molecule has 0 spiro atoms. The fourth-order valence-corrected chi connectivity index (χ4v) is 3.10. The lowest BCUT2D eigenvalue weighted by Gasteiger charge is -2.14. The summed E-state index contributed by atoms with van der Waals surface area (Å²) in [6, 6.07) is 10.4. The van der Waals surface area contributed by atoms with Gasteiger partial charge in [-0.1, -0.05) is 30.3 Å². The number of hydrogen-bond acceptors (Lipinski definition) is 2. The van der Waals surface area contributed by atoms with E-state index in [1.54, 1.807) is 0 Å². The monoisotopic (exact) mass is 381 g/mol. The fourth-order valence-electron chi connectivity index (χ4n) is 2.24. The third-order valence-electron chi connectivity index (χ3n) is 3.48. The minimum atomic E-state index is 0.0711. The largest absolute Gasteiger partial charge is 0.487 e. The Morgan fingerprint density at radius 1 is 1.30 bits per heavy atom. The normalized spacial score (nSPS) is 14.3. The van der Waals surface area contributed by atoms with E-state index in [0.717, 1.165) is 29.7 Å². The van der Waals surface area contributed by atoms with Gasteiger partial charge in [-0.25, -0.2) is 0 Å². The molecule has 2 aromatic rings. The summed E-state index contributed by atoms with van der Waals surface area (Å²) in [5.41, 5.74) is 2.20. The van der Waals surface area contributed by atoms with Crippen molar-refractivity contribution in [2.75, 3.05) is 0 Å². The van der Waals surface area contributed by atoms with Crippen LogP contribution in [0.25, 0.3) is 0 Å². The molecule has 1 saturated carbocycles. The van der Waals surface area contributed by atoms with E-state index in [4.69, 9.17) is 4.74 Å². The second-order valence-corrected chi connectivity index (χ2v) is 6.25. The number of halogens is 1. The van der Waals surface area contributed by atoms with Crippen LogP contribution in [-0.4, -0.2) is 4.57 Å². The van der Waals surface area contributed by atoms with E-state index in [9.17, 15) is 4.79 Å². The number of ether oxygens (including phenoxy) is 1. The summed E-state index contributed by atoms with van der Waals surface area (Å²) in [6.07, 6.45) is 4.15. The molecular formula is C16H16INO2. The molecule has 3 rings (SSSR count). The number of aryl methyl sites for hydroxylation is 1. The first kappa shape index (κ1) is 13.7. The predicted octanol–water partition coefficient (Wildman–Crippen LogP) is 3.68. The van der Waals surface area contributed by atoms with Crippen LogP contribution in [0, 0.1) is 10.5 Å². The van der Waals surface area contributed by atoms with Gasteiger partial charge in [0.1, 0.15) is 15.9 Å². The summed E-state index contributed by atoms with van der Waals surface area (Å²) in [5, 5.41) is 0. The highest BCUT2D eigenvalue weighted by atomic mass is 127. The van der Waals surface area contributed by atoms with Gasteiger partial charge >= 0.3 is 0 Å². The first-order valence-corrected chi connectivity index (χ1v) is 7.82. The van der Waals surface area contributed by atoms with Crippen LogP contribution in [0.1, 0.15) is 30.0 Å². The summed E-state index contributed by atoms with van der Waals surface area (Å²) in [7, 11) is 0.